The van der Waals surface area contributed by atoms with Crippen LogP contribution in [-0.4, -0.2) is 48.2 Å². The third-order valence-electron chi connectivity index (χ3n) is 5.57. The van der Waals surface area contributed by atoms with Gasteiger partial charge in [-0.15, -0.1) is 24.8 Å². The Bertz CT molecular complexity index is 1010. The zero-order valence-corrected chi connectivity index (χ0v) is 20.0. The fraction of sp³-hybridized carbons (Fsp3) is 0.429. The molecule has 4 rings (SSSR count). The summed E-state index contributed by atoms with van der Waals surface area (Å²) in [5, 5.41) is 0.509. The lowest BCUT2D eigenvalue weighted by Gasteiger charge is -2.32. The molecule has 1 aliphatic heterocycles. The van der Waals surface area contributed by atoms with Crippen LogP contribution in [-0.2, 0) is 0 Å². The summed E-state index contributed by atoms with van der Waals surface area (Å²) < 4.78 is 12.7. The molecule has 7 nitrogen and oxygen atoms in total. The maximum Gasteiger partial charge on any atom is 0.236 e. The molecule has 0 spiro atoms. The number of imidazole rings is 1. The predicted octanol–water partition coefficient (Wildman–Crippen LogP) is 4.48. The van der Waals surface area contributed by atoms with Gasteiger partial charge in [0, 0.05) is 37.1 Å². The second kappa shape index (κ2) is 11.1. The van der Waals surface area contributed by atoms with Gasteiger partial charge in [-0.05, 0) is 43.9 Å². The average Bonchev–Trinajstić information content (AvgIpc) is 3.17. The van der Waals surface area contributed by atoms with Crippen molar-refractivity contribution < 1.29 is 9.47 Å². The smallest absolute Gasteiger partial charge is 0.236 e. The van der Waals surface area contributed by atoms with Gasteiger partial charge in [-0.25, -0.2) is 4.98 Å². The molecule has 0 aliphatic carbocycles. The molecule has 1 aliphatic rings. The third-order valence-corrected chi connectivity index (χ3v) is 5.87. The van der Waals surface area contributed by atoms with Crippen molar-refractivity contribution in [3.8, 4) is 22.8 Å². The second-order valence-electron chi connectivity index (χ2n) is 7.31. The first-order valence-corrected chi connectivity index (χ1v) is 10.2. The number of aromatic nitrogens is 3. The number of hydrogen-bond acceptors (Lipinski definition) is 6. The number of methoxy groups -OCH3 is 2. The van der Waals surface area contributed by atoms with Gasteiger partial charge >= 0.3 is 0 Å². The van der Waals surface area contributed by atoms with Crippen LogP contribution in [0.1, 0.15) is 19.3 Å². The van der Waals surface area contributed by atoms with E-state index in [1.807, 2.05) is 28.9 Å². The van der Waals surface area contributed by atoms with Crippen molar-refractivity contribution in [3.63, 3.8) is 0 Å². The number of nitrogens with zero attached hydrogens (tertiary/aromatic N) is 4. The van der Waals surface area contributed by atoms with Crippen LogP contribution in [0, 0.1) is 5.92 Å². The lowest BCUT2D eigenvalue weighted by molar-refractivity contribution is 0.385. The largest absolute Gasteiger partial charge is 0.496 e. The molecular formula is C21H28Cl3N5O2. The summed E-state index contributed by atoms with van der Waals surface area (Å²) in [5.74, 6) is 3.55. The lowest BCUT2D eigenvalue weighted by Crippen LogP contribution is -2.34. The summed E-state index contributed by atoms with van der Waals surface area (Å²) in [4.78, 5) is 11.8. The molecule has 1 aromatic carbocycles. The molecule has 0 bridgehead atoms. The summed E-state index contributed by atoms with van der Waals surface area (Å²) in [7, 11) is 3.20. The first-order chi connectivity index (χ1) is 14.1. The highest BCUT2D eigenvalue weighted by Crippen LogP contribution is 2.38. The van der Waals surface area contributed by atoms with Crippen LogP contribution < -0.4 is 20.1 Å². The van der Waals surface area contributed by atoms with E-state index in [2.05, 4.69) is 4.90 Å². The van der Waals surface area contributed by atoms with Gasteiger partial charge in [-0.3, -0.25) is 4.40 Å². The van der Waals surface area contributed by atoms with Crippen molar-refractivity contribution in [3.05, 3.63) is 35.6 Å². The molecule has 0 radical (unpaired) electrons. The summed E-state index contributed by atoms with van der Waals surface area (Å²) in [6.07, 6.45) is 7.35. The van der Waals surface area contributed by atoms with Gasteiger partial charge in [0.1, 0.15) is 17.3 Å². The molecule has 0 unspecified atom stereocenters. The molecule has 1 fully saturated rings. The monoisotopic (exact) mass is 487 g/mol. The van der Waals surface area contributed by atoms with Gasteiger partial charge in [-0.2, -0.15) is 4.98 Å². The van der Waals surface area contributed by atoms with Crippen molar-refractivity contribution in [2.75, 3.05) is 38.8 Å². The summed E-state index contributed by atoms with van der Waals surface area (Å²) in [5.41, 5.74) is 7.25. The summed E-state index contributed by atoms with van der Waals surface area (Å²) in [6.45, 7) is 2.78. The number of benzene rings is 1. The van der Waals surface area contributed by atoms with E-state index in [0.717, 1.165) is 61.9 Å². The molecule has 2 N–H and O–H groups in total. The number of halogens is 3. The highest BCUT2D eigenvalue weighted by atomic mass is 35.5. The fourth-order valence-electron chi connectivity index (χ4n) is 3.92. The van der Waals surface area contributed by atoms with Crippen LogP contribution in [0.2, 0.25) is 5.02 Å². The number of ether oxygens (including phenoxy) is 2. The molecular weight excluding hydrogens is 461 g/mol. The van der Waals surface area contributed by atoms with Crippen LogP contribution in [0.5, 0.6) is 11.5 Å². The first-order valence-electron chi connectivity index (χ1n) is 9.85. The average molecular weight is 489 g/mol. The zero-order valence-electron chi connectivity index (χ0n) is 17.6. The van der Waals surface area contributed by atoms with Crippen LogP contribution in [0.4, 0.5) is 5.82 Å². The van der Waals surface area contributed by atoms with Crippen molar-refractivity contribution in [2.45, 2.75) is 19.3 Å². The van der Waals surface area contributed by atoms with Crippen LogP contribution >= 0.6 is 36.4 Å². The minimum Gasteiger partial charge on any atom is -0.496 e. The maximum absolute atomic E-state index is 6.32. The van der Waals surface area contributed by atoms with E-state index in [1.165, 1.54) is 0 Å². The lowest BCUT2D eigenvalue weighted by atomic mass is 9.94. The van der Waals surface area contributed by atoms with Crippen LogP contribution in [0.25, 0.3) is 17.0 Å². The first kappa shape index (κ1) is 25.3. The number of piperidine rings is 1. The minimum atomic E-state index is 0. The SMILES string of the molecule is COc1cc(OC)c(-c2cn3ccc(N4CCC(CCN)CC4)nc3n2)cc1Cl.Cl.Cl. The number of fused-ring (bicyclic) bond motifs is 1. The molecule has 3 heterocycles. The predicted molar refractivity (Wildman–Crippen MR) is 130 cm³/mol. The molecule has 10 heteroatoms. The molecule has 170 valence electrons. The van der Waals surface area contributed by atoms with E-state index in [1.54, 1.807) is 20.3 Å². The van der Waals surface area contributed by atoms with E-state index < -0.39 is 0 Å². The van der Waals surface area contributed by atoms with Gasteiger partial charge in [0.15, 0.2) is 0 Å². The summed E-state index contributed by atoms with van der Waals surface area (Å²) >= 11 is 6.32. The maximum atomic E-state index is 6.32. The van der Waals surface area contributed by atoms with E-state index in [-0.39, 0.29) is 24.8 Å². The highest BCUT2D eigenvalue weighted by molar-refractivity contribution is 6.32. The third kappa shape index (κ3) is 5.29. The Labute approximate surface area is 199 Å². The zero-order chi connectivity index (χ0) is 20.4. The van der Waals surface area contributed by atoms with Gasteiger partial charge in [0.05, 0.1) is 24.9 Å². The van der Waals surface area contributed by atoms with Gasteiger partial charge in [0.25, 0.3) is 0 Å². The number of nitrogens with two attached hydrogens (primary N) is 1. The van der Waals surface area contributed by atoms with Crippen molar-refractivity contribution in [1.29, 1.82) is 0 Å². The van der Waals surface area contributed by atoms with Gasteiger partial charge in [-0.1, -0.05) is 11.6 Å². The Hall–Kier alpha value is -1.93. The number of hydrogen-bond donors (Lipinski definition) is 1. The topological polar surface area (TPSA) is 77.9 Å². The Morgan fingerprint density at radius 2 is 1.81 bits per heavy atom. The molecule has 31 heavy (non-hydrogen) atoms. The second-order valence-corrected chi connectivity index (χ2v) is 7.72. The molecule has 0 atom stereocenters. The Morgan fingerprint density at radius 3 is 2.45 bits per heavy atom. The normalized spacial score (nSPS) is 14.1. The minimum absolute atomic E-state index is 0. The van der Waals surface area contributed by atoms with Crippen LogP contribution in [0.15, 0.2) is 30.6 Å². The highest BCUT2D eigenvalue weighted by Gasteiger charge is 2.20. The van der Waals surface area contributed by atoms with E-state index in [0.29, 0.717) is 22.3 Å². The Morgan fingerprint density at radius 1 is 1.10 bits per heavy atom. The van der Waals surface area contributed by atoms with Crippen LogP contribution in [0.3, 0.4) is 0 Å². The van der Waals surface area contributed by atoms with E-state index in [4.69, 9.17) is 36.8 Å². The summed E-state index contributed by atoms with van der Waals surface area (Å²) in [6, 6.07) is 5.62. The Kier molecular flexibility index (Phi) is 9.06. The number of anilines is 1. The Balaban J connectivity index is 0.00000171. The molecule has 0 amide bonds. The van der Waals surface area contributed by atoms with E-state index in [9.17, 15) is 0 Å². The molecule has 1 saturated heterocycles. The van der Waals surface area contributed by atoms with Gasteiger partial charge < -0.3 is 20.1 Å². The van der Waals surface area contributed by atoms with Crippen molar-refractivity contribution >= 4 is 48.0 Å². The standard InChI is InChI=1S/C21H26ClN5O2.2ClH/c1-28-18-12-19(29-2)16(22)11-15(18)17-13-27-10-6-20(25-21(27)24-17)26-8-4-14(3-7-23)5-9-26;;/h6,10-14H,3-5,7-9,23H2,1-2H3;2*1H. The number of rotatable bonds is 6. The van der Waals surface area contributed by atoms with E-state index >= 15 is 0 Å². The van der Waals surface area contributed by atoms with Gasteiger partial charge in [0.2, 0.25) is 5.78 Å². The molecule has 3 aromatic rings. The quantitative estimate of drug-likeness (QED) is 0.551. The van der Waals surface area contributed by atoms with Crippen molar-refractivity contribution in [1.82, 2.24) is 14.4 Å². The fourth-order valence-corrected chi connectivity index (χ4v) is 4.16. The van der Waals surface area contributed by atoms with Crippen molar-refractivity contribution in [2.24, 2.45) is 11.7 Å². The molecule has 0 saturated carbocycles. The molecule has 2 aromatic heterocycles.